The van der Waals surface area contributed by atoms with Gasteiger partial charge in [-0.3, -0.25) is 4.98 Å². The van der Waals surface area contributed by atoms with Gasteiger partial charge in [0.25, 0.3) is 0 Å². The Morgan fingerprint density at radius 2 is 1.62 bits per heavy atom. The molecule has 3 aromatic carbocycles. The summed E-state index contributed by atoms with van der Waals surface area (Å²) in [7, 11) is 2.08. The fourth-order valence-corrected chi connectivity index (χ4v) is 3.66. The molecule has 0 spiro atoms. The van der Waals surface area contributed by atoms with Crippen LogP contribution in [0.25, 0.3) is 33.1 Å². The molecule has 4 nitrogen and oxygen atoms in total. The third kappa shape index (κ3) is 3.41. The van der Waals surface area contributed by atoms with Crippen molar-refractivity contribution in [3.8, 4) is 11.4 Å². The lowest BCUT2D eigenvalue weighted by Gasteiger charge is -2.21. The van der Waals surface area contributed by atoms with Crippen LogP contribution in [-0.2, 0) is 6.54 Å². The van der Waals surface area contributed by atoms with Gasteiger partial charge in [-0.15, -0.1) is 0 Å². The number of benzene rings is 3. The summed E-state index contributed by atoms with van der Waals surface area (Å²) in [6.45, 7) is 0.762. The lowest BCUT2D eigenvalue weighted by molar-refractivity contribution is 0.903. The van der Waals surface area contributed by atoms with Gasteiger partial charge in [-0.25, -0.2) is 9.97 Å². The zero-order chi connectivity index (χ0) is 19.6. The molecule has 5 rings (SSSR count). The van der Waals surface area contributed by atoms with Gasteiger partial charge in [0.15, 0.2) is 5.82 Å². The average molecular weight is 376 g/mol. The second-order valence-electron chi connectivity index (χ2n) is 7.17. The standard InChI is InChI=1S/C25H20N4/c1-29(17-18-12-13-19-7-2-3-8-20(19)15-18)25-22-10-4-5-11-23(22)27-24(28-25)21-9-6-14-26-16-21/h2-16H,17H2,1H3. The molecular formula is C25H20N4. The van der Waals surface area contributed by atoms with Crippen LogP contribution in [0, 0.1) is 0 Å². The van der Waals surface area contributed by atoms with Crippen LogP contribution in [-0.4, -0.2) is 22.0 Å². The van der Waals surface area contributed by atoms with Gasteiger partial charge in [0, 0.05) is 36.9 Å². The van der Waals surface area contributed by atoms with Crippen LogP contribution >= 0.6 is 0 Å². The van der Waals surface area contributed by atoms with Crippen LogP contribution in [0.5, 0.6) is 0 Å². The molecule has 0 aliphatic rings. The Bertz CT molecular complexity index is 1300. The van der Waals surface area contributed by atoms with E-state index >= 15 is 0 Å². The van der Waals surface area contributed by atoms with E-state index in [2.05, 4.69) is 65.5 Å². The van der Waals surface area contributed by atoms with Gasteiger partial charge < -0.3 is 4.90 Å². The lowest BCUT2D eigenvalue weighted by Crippen LogP contribution is -2.18. The molecule has 0 amide bonds. The van der Waals surface area contributed by atoms with Crippen molar-refractivity contribution in [2.24, 2.45) is 0 Å². The number of pyridine rings is 1. The van der Waals surface area contributed by atoms with E-state index in [9.17, 15) is 0 Å². The van der Waals surface area contributed by atoms with Crippen LogP contribution in [0.1, 0.15) is 5.56 Å². The maximum Gasteiger partial charge on any atom is 0.163 e. The van der Waals surface area contributed by atoms with Crippen molar-refractivity contribution in [2.75, 3.05) is 11.9 Å². The van der Waals surface area contributed by atoms with Crippen LogP contribution < -0.4 is 4.90 Å². The second kappa shape index (κ2) is 7.32. The molecule has 0 aliphatic carbocycles. The van der Waals surface area contributed by atoms with Gasteiger partial charge in [0.05, 0.1) is 5.52 Å². The highest BCUT2D eigenvalue weighted by Gasteiger charge is 2.13. The quantitative estimate of drug-likeness (QED) is 0.416. The van der Waals surface area contributed by atoms with E-state index in [0.29, 0.717) is 5.82 Å². The Labute approximate surface area is 169 Å². The van der Waals surface area contributed by atoms with Crippen molar-refractivity contribution < 1.29 is 0 Å². The molecule has 0 N–H and O–H groups in total. The fourth-order valence-electron chi connectivity index (χ4n) is 3.66. The number of anilines is 1. The average Bonchev–Trinajstić information content (AvgIpc) is 2.79. The topological polar surface area (TPSA) is 41.9 Å². The molecule has 0 saturated heterocycles. The van der Waals surface area contributed by atoms with Crippen LogP contribution in [0.15, 0.2) is 91.3 Å². The largest absolute Gasteiger partial charge is 0.355 e. The normalized spacial score (nSPS) is 11.1. The molecule has 5 aromatic rings. The molecule has 0 saturated carbocycles. The first-order chi connectivity index (χ1) is 14.3. The number of fused-ring (bicyclic) bond motifs is 2. The summed E-state index contributed by atoms with van der Waals surface area (Å²) in [6.07, 6.45) is 3.56. The van der Waals surface area contributed by atoms with Crippen LogP contribution in [0.4, 0.5) is 5.82 Å². The summed E-state index contributed by atoms with van der Waals surface area (Å²) in [5, 5.41) is 3.55. The first kappa shape index (κ1) is 17.3. The summed E-state index contributed by atoms with van der Waals surface area (Å²) in [6, 6.07) is 27.1. The molecule has 0 bridgehead atoms. The molecule has 29 heavy (non-hydrogen) atoms. The smallest absolute Gasteiger partial charge is 0.163 e. The Morgan fingerprint density at radius 3 is 2.48 bits per heavy atom. The first-order valence-corrected chi connectivity index (χ1v) is 9.64. The van der Waals surface area contributed by atoms with Gasteiger partial charge in [-0.2, -0.15) is 0 Å². The van der Waals surface area contributed by atoms with E-state index in [1.165, 1.54) is 16.3 Å². The SMILES string of the molecule is CN(Cc1ccc2ccccc2c1)c1nc(-c2cccnc2)nc2ccccc12. The summed E-state index contributed by atoms with van der Waals surface area (Å²) in [5.74, 6) is 1.61. The second-order valence-corrected chi connectivity index (χ2v) is 7.17. The zero-order valence-corrected chi connectivity index (χ0v) is 16.2. The van der Waals surface area contributed by atoms with Gasteiger partial charge in [-0.05, 0) is 46.7 Å². The minimum Gasteiger partial charge on any atom is -0.355 e. The highest BCUT2D eigenvalue weighted by Crippen LogP contribution is 2.28. The Balaban J connectivity index is 1.57. The molecule has 0 atom stereocenters. The van der Waals surface area contributed by atoms with Gasteiger partial charge in [-0.1, -0.05) is 48.5 Å². The minimum atomic E-state index is 0.692. The summed E-state index contributed by atoms with van der Waals surface area (Å²) >= 11 is 0. The highest BCUT2D eigenvalue weighted by molar-refractivity contribution is 5.91. The van der Waals surface area contributed by atoms with Crippen molar-refractivity contribution >= 4 is 27.5 Å². The molecule has 0 radical (unpaired) electrons. The van der Waals surface area contributed by atoms with Crippen molar-refractivity contribution in [3.05, 3.63) is 96.8 Å². The number of para-hydroxylation sites is 1. The number of hydrogen-bond donors (Lipinski definition) is 0. The monoisotopic (exact) mass is 376 g/mol. The molecule has 2 heterocycles. The molecule has 0 unspecified atom stereocenters. The van der Waals surface area contributed by atoms with Crippen molar-refractivity contribution in [2.45, 2.75) is 6.54 Å². The van der Waals surface area contributed by atoms with Crippen LogP contribution in [0.2, 0.25) is 0 Å². The lowest BCUT2D eigenvalue weighted by atomic mass is 10.1. The molecule has 4 heteroatoms. The van der Waals surface area contributed by atoms with E-state index in [4.69, 9.17) is 9.97 Å². The molecule has 2 aromatic heterocycles. The Kier molecular flexibility index (Phi) is 4.37. The van der Waals surface area contributed by atoms with Crippen molar-refractivity contribution in [3.63, 3.8) is 0 Å². The van der Waals surface area contributed by atoms with Crippen molar-refractivity contribution in [1.29, 1.82) is 0 Å². The first-order valence-electron chi connectivity index (χ1n) is 9.64. The minimum absolute atomic E-state index is 0.692. The molecule has 140 valence electrons. The van der Waals surface area contributed by atoms with E-state index in [0.717, 1.165) is 28.8 Å². The predicted octanol–water partition coefficient (Wildman–Crippen LogP) is 5.48. The third-order valence-electron chi connectivity index (χ3n) is 5.10. The highest BCUT2D eigenvalue weighted by atomic mass is 15.2. The summed E-state index contributed by atoms with van der Waals surface area (Å²) in [5.41, 5.74) is 3.09. The fraction of sp³-hybridized carbons (Fsp3) is 0.0800. The number of hydrogen-bond acceptors (Lipinski definition) is 4. The zero-order valence-electron chi connectivity index (χ0n) is 16.2. The van der Waals surface area contributed by atoms with E-state index in [1.807, 2.05) is 30.3 Å². The maximum absolute atomic E-state index is 4.90. The third-order valence-corrected chi connectivity index (χ3v) is 5.10. The van der Waals surface area contributed by atoms with Gasteiger partial charge in [0.2, 0.25) is 0 Å². The van der Waals surface area contributed by atoms with Gasteiger partial charge in [0.1, 0.15) is 5.82 Å². The summed E-state index contributed by atoms with van der Waals surface area (Å²) in [4.78, 5) is 16.1. The van der Waals surface area contributed by atoms with E-state index in [-0.39, 0.29) is 0 Å². The molecular weight excluding hydrogens is 356 g/mol. The Hall–Kier alpha value is -3.79. The maximum atomic E-state index is 4.90. The Morgan fingerprint density at radius 1 is 0.793 bits per heavy atom. The van der Waals surface area contributed by atoms with E-state index in [1.54, 1.807) is 12.4 Å². The van der Waals surface area contributed by atoms with Gasteiger partial charge >= 0.3 is 0 Å². The molecule has 0 fully saturated rings. The predicted molar refractivity (Wildman–Crippen MR) is 119 cm³/mol. The number of aromatic nitrogens is 3. The van der Waals surface area contributed by atoms with E-state index < -0.39 is 0 Å². The van der Waals surface area contributed by atoms with Crippen LogP contribution in [0.3, 0.4) is 0 Å². The molecule has 0 aliphatic heterocycles. The summed E-state index contributed by atoms with van der Waals surface area (Å²) < 4.78 is 0. The number of nitrogens with zero attached hydrogens (tertiary/aromatic N) is 4. The number of rotatable bonds is 4. The van der Waals surface area contributed by atoms with Crippen molar-refractivity contribution in [1.82, 2.24) is 15.0 Å².